The molecule has 0 bridgehead atoms. The summed E-state index contributed by atoms with van der Waals surface area (Å²) < 4.78 is 0. The van der Waals surface area contributed by atoms with Crippen LogP contribution in [0.3, 0.4) is 0 Å². The minimum Gasteiger partial charge on any atom is -1.00 e. The number of halogens is 1. The van der Waals surface area contributed by atoms with Gasteiger partial charge in [-0.05, 0) is 86.5 Å². The summed E-state index contributed by atoms with van der Waals surface area (Å²) in [6, 6.07) is 0. The van der Waals surface area contributed by atoms with Gasteiger partial charge in [-0.15, -0.1) is 0 Å². The maximum Gasteiger partial charge on any atom is 1.00 e. The lowest BCUT2D eigenvalue weighted by molar-refractivity contribution is -0.128. The quantitative estimate of drug-likeness (QED) is 0.723. The fourth-order valence-electron chi connectivity index (χ4n) is 7.23. The maximum atomic E-state index is 12.1. The van der Waals surface area contributed by atoms with E-state index in [4.69, 9.17) is 0 Å². The molecule has 3 fully saturated rings. The molecule has 0 aliphatic heterocycles. The first-order valence-corrected chi connectivity index (χ1v) is 9.60. The van der Waals surface area contributed by atoms with Crippen LogP contribution in [0.4, 0.5) is 0 Å². The van der Waals surface area contributed by atoms with E-state index < -0.39 is 0 Å². The second-order valence-electron chi connectivity index (χ2n) is 9.25. The van der Waals surface area contributed by atoms with Gasteiger partial charge in [0.05, 0.1) is 0 Å². The maximum absolute atomic E-state index is 12.1. The summed E-state index contributed by atoms with van der Waals surface area (Å²) in [5.74, 6) is 3.29. The second kappa shape index (κ2) is 5.97. The van der Waals surface area contributed by atoms with E-state index in [1.165, 1.54) is 31.3 Å². The number of hydrogen-bond donors (Lipinski definition) is 0. The first-order valence-electron chi connectivity index (χ1n) is 9.60. The molecule has 4 rings (SSSR count). The number of hydrogen-bond acceptors (Lipinski definition) is 2. The van der Waals surface area contributed by atoms with Crippen LogP contribution < -0.4 is 12.4 Å². The van der Waals surface area contributed by atoms with E-state index >= 15 is 0 Å². The van der Waals surface area contributed by atoms with Gasteiger partial charge in [0.1, 0.15) is 5.78 Å². The van der Waals surface area contributed by atoms with Crippen LogP contribution in [-0.4, -0.2) is 11.6 Å². The molecule has 0 N–H and O–H groups in total. The van der Waals surface area contributed by atoms with Gasteiger partial charge in [-0.3, -0.25) is 9.59 Å². The fourth-order valence-corrected chi connectivity index (χ4v) is 7.23. The number of carbonyl (C=O) groups is 2. The Bertz CT molecular complexity index is 601. The van der Waals surface area contributed by atoms with Crippen molar-refractivity contribution in [3.63, 3.8) is 0 Å². The standard InChI is InChI=1S/C21H30O2.ClH/c1-13(22)17-6-7-18-16-5-4-14-12-15(23)8-10-20(14,2)19(16)9-11-21(17,18)3;/h12,16-19H,4-11H2,1-3H3;1H/t16-,17+,18-,19-,20-,21+;/m0./s1. The number of Topliss-reactive ketones (excluding diaryl/α,β-unsaturated/α-hetero) is 1. The van der Waals surface area contributed by atoms with Gasteiger partial charge in [-0.1, -0.05) is 19.4 Å². The lowest BCUT2D eigenvalue weighted by Crippen LogP contribution is -3.00. The SMILES string of the molecule is CC(=O)[C@H]1CC[C@H]2[C@@H]3CCC4=CC(=O)CC[C@]4(C)[C@H]3CC[C@]12C.[Cl-].[H+]. The molecule has 6 atom stereocenters. The Labute approximate surface area is 153 Å². The Morgan fingerprint density at radius 1 is 1.08 bits per heavy atom. The van der Waals surface area contributed by atoms with E-state index in [9.17, 15) is 9.59 Å². The van der Waals surface area contributed by atoms with Crippen molar-refractivity contribution in [1.82, 2.24) is 0 Å². The van der Waals surface area contributed by atoms with Crippen LogP contribution in [0.15, 0.2) is 11.6 Å². The topological polar surface area (TPSA) is 34.1 Å². The lowest BCUT2D eigenvalue weighted by atomic mass is 9.47. The molecule has 24 heavy (non-hydrogen) atoms. The molecule has 0 unspecified atom stereocenters. The minimum atomic E-state index is 0. The van der Waals surface area contributed by atoms with E-state index in [0.717, 1.165) is 43.4 Å². The molecule has 0 heterocycles. The largest absolute Gasteiger partial charge is 1.00 e. The Balaban J connectivity index is 0.00000113. The van der Waals surface area contributed by atoms with Crippen LogP contribution in [0.2, 0.25) is 0 Å². The van der Waals surface area contributed by atoms with Crippen molar-refractivity contribution in [3.05, 3.63) is 11.6 Å². The van der Waals surface area contributed by atoms with E-state index in [1.54, 1.807) is 6.92 Å². The van der Waals surface area contributed by atoms with Crippen molar-refractivity contribution >= 4 is 11.6 Å². The van der Waals surface area contributed by atoms with Crippen molar-refractivity contribution in [3.8, 4) is 0 Å². The van der Waals surface area contributed by atoms with Gasteiger partial charge >= 0.3 is 1.43 Å². The van der Waals surface area contributed by atoms with Gasteiger partial charge in [0.15, 0.2) is 5.78 Å². The van der Waals surface area contributed by atoms with Crippen molar-refractivity contribution in [1.29, 1.82) is 0 Å². The van der Waals surface area contributed by atoms with Crippen LogP contribution in [-0.2, 0) is 9.59 Å². The molecule has 0 amide bonds. The van der Waals surface area contributed by atoms with Crippen LogP contribution >= 0.6 is 0 Å². The van der Waals surface area contributed by atoms with Gasteiger partial charge in [0.25, 0.3) is 0 Å². The van der Waals surface area contributed by atoms with Crippen LogP contribution in [0.5, 0.6) is 0 Å². The van der Waals surface area contributed by atoms with Crippen LogP contribution in [0.25, 0.3) is 0 Å². The molecule has 4 aliphatic rings. The Morgan fingerprint density at radius 2 is 1.83 bits per heavy atom. The van der Waals surface area contributed by atoms with Gasteiger partial charge in [0.2, 0.25) is 0 Å². The van der Waals surface area contributed by atoms with Gasteiger partial charge in [0, 0.05) is 12.3 Å². The van der Waals surface area contributed by atoms with Gasteiger partial charge in [-0.25, -0.2) is 0 Å². The molecule has 0 aromatic rings. The summed E-state index contributed by atoms with van der Waals surface area (Å²) in [6.07, 6.45) is 10.9. The third-order valence-corrected chi connectivity index (χ3v) is 8.45. The highest BCUT2D eigenvalue weighted by Crippen LogP contribution is 2.66. The second-order valence-corrected chi connectivity index (χ2v) is 9.25. The van der Waals surface area contributed by atoms with Crippen molar-refractivity contribution in [2.45, 2.75) is 72.1 Å². The monoisotopic (exact) mass is 350 g/mol. The summed E-state index contributed by atoms with van der Waals surface area (Å²) in [4.78, 5) is 24.0. The molecular formula is C21H31ClO2. The molecule has 0 spiro atoms. The molecule has 0 aromatic heterocycles. The van der Waals surface area contributed by atoms with E-state index in [-0.39, 0.29) is 24.7 Å². The van der Waals surface area contributed by atoms with E-state index in [2.05, 4.69) is 13.8 Å². The first kappa shape index (κ1) is 18.2. The normalized spacial score (nSPS) is 47.0. The molecule has 0 aromatic carbocycles. The first-order chi connectivity index (χ1) is 10.9. The van der Waals surface area contributed by atoms with Crippen molar-refractivity contribution < 1.29 is 23.4 Å². The van der Waals surface area contributed by atoms with E-state index in [0.29, 0.717) is 17.5 Å². The lowest BCUT2D eigenvalue weighted by Gasteiger charge is -2.58. The predicted molar refractivity (Wildman–Crippen MR) is 92.0 cm³/mol. The summed E-state index contributed by atoms with van der Waals surface area (Å²) in [5, 5.41) is 0. The predicted octanol–water partition coefficient (Wildman–Crippen LogP) is 1.84. The average Bonchev–Trinajstić information content (AvgIpc) is 2.85. The molecule has 2 nitrogen and oxygen atoms in total. The van der Waals surface area contributed by atoms with Gasteiger partial charge in [-0.2, -0.15) is 0 Å². The smallest absolute Gasteiger partial charge is 1.00 e. The van der Waals surface area contributed by atoms with Crippen LogP contribution in [0, 0.1) is 34.5 Å². The highest BCUT2D eigenvalue weighted by molar-refractivity contribution is 5.91. The summed E-state index contributed by atoms with van der Waals surface area (Å²) in [7, 11) is 0. The Kier molecular flexibility index (Phi) is 4.52. The Morgan fingerprint density at radius 3 is 2.54 bits per heavy atom. The molecule has 3 saturated carbocycles. The number of rotatable bonds is 1. The average molecular weight is 351 g/mol. The zero-order valence-electron chi connectivity index (χ0n) is 16.2. The van der Waals surface area contributed by atoms with Crippen molar-refractivity contribution in [2.24, 2.45) is 34.5 Å². The molecule has 0 saturated heterocycles. The van der Waals surface area contributed by atoms with Gasteiger partial charge < -0.3 is 12.4 Å². The minimum absolute atomic E-state index is 0. The molecule has 0 radical (unpaired) electrons. The summed E-state index contributed by atoms with van der Waals surface area (Å²) >= 11 is 0. The highest BCUT2D eigenvalue weighted by atomic mass is 35.5. The number of carbonyl (C=O) groups excluding carboxylic acids is 2. The summed E-state index contributed by atoms with van der Waals surface area (Å²) in [5.41, 5.74) is 1.95. The molecule has 3 heteroatoms. The van der Waals surface area contributed by atoms with Crippen molar-refractivity contribution in [2.75, 3.05) is 0 Å². The molecule has 134 valence electrons. The third-order valence-electron chi connectivity index (χ3n) is 8.45. The highest BCUT2D eigenvalue weighted by Gasteiger charge is 2.59. The Hall–Kier alpha value is -0.630. The zero-order valence-corrected chi connectivity index (χ0v) is 16.0. The molecule has 4 aliphatic carbocycles. The number of ketones is 2. The third kappa shape index (κ3) is 2.35. The van der Waals surface area contributed by atoms with Crippen LogP contribution in [0.1, 0.15) is 73.6 Å². The number of allylic oxidation sites excluding steroid dienone is 1. The molecular weight excluding hydrogens is 320 g/mol. The van der Waals surface area contributed by atoms with E-state index in [1.807, 2.05) is 6.08 Å². The zero-order chi connectivity index (χ0) is 16.4. The fraction of sp³-hybridized carbons (Fsp3) is 0.810. The number of fused-ring (bicyclic) bond motifs is 5. The summed E-state index contributed by atoms with van der Waals surface area (Å²) in [6.45, 7) is 6.65.